The van der Waals surface area contributed by atoms with Crippen LogP contribution in [-0.4, -0.2) is 42.0 Å². The van der Waals surface area contributed by atoms with Crippen LogP contribution in [0, 0.1) is 13.8 Å². The van der Waals surface area contributed by atoms with Crippen molar-refractivity contribution in [3.63, 3.8) is 0 Å². The summed E-state index contributed by atoms with van der Waals surface area (Å²) in [5.74, 6) is 1.47. The number of hydrogen-bond acceptors (Lipinski definition) is 7. The lowest BCUT2D eigenvalue weighted by molar-refractivity contribution is 0.0908. The van der Waals surface area contributed by atoms with Gasteiger partial charge in [0.2, 0.25) is 0 Å². The molecule has 0 atom stereocenters. The normalized spacial score (nSPS) is 19.5. The van der Waals surface area contributed by atoms with Crippen molar-refractivity contribution in [2.24, 2.45) is 7.05 Å². The SMILES string of the molecule is Cc1cc(C(=O)NC2CC(c3nnc(CO)n3C)C2)c2c(C)noc2n1. The molecule has 0 aliphatic heterocycles. The number of aliphatic hydroxyl groups is 1. The Morgan fingerprint density at radius 3 is 2.85 bits per heavy atom. The third-order valence-electron chi connectivity index (χ3n) is 4.97. The quantitative estimate of drug-likeness (QED) is 0.719. The molecule has 0 radical (unpaired) electrons. The van der Waals surface area contributed by atoms with Gasteiger partial charge in [-0.25, -0.2) is 4.98 Å². The maximum atomic E-state index is 12.8. The molecule has 9 nitrogen and oxygen atoms in total. The summed E-state index contributed by atoms with van der Waals surface area (Å²) in [5.41, 5.74) is 2.28. The summed E-state index contributed by atoms with van der Waals surface area (Å²) in [5, 5.41) is 25.0. The Morgan fingerprint density at radius 1 is 1.38 bits per heavy atom. The highest BCUT2D eigenvalue weighted by Crippen LogP contribution is 2.36. The van der Waals surface area contributed by atoms with Crippen LogP contribution in [0.2, 0.25) is 0 Å². The van der Waals surface area contributed by atoms with Gasteiger partial charge < -0.3 is 19.5 Å². The van der Waals surface area contributed by atoms with Crippen LogP contribution in [0.4, 0.5) is 0 Å². The van der Waals surface area contributed by atoms with E-state index < -0.39 is 0 Å². The van der Waals surface area contributed by atoms with Gasteiger partial charge in [-0.15, -0.1) is 10.2 Å². The molecule has 1 fully saturated rings. The summed E-state index contributed by atoms with van der Waals surface area (Å²) in [6.45, 7) is 3.48. The van der Waals surface area contributed by atoms with Crippen molar-refractivity contribution in [2.75, 3.05) is 0 Å². The van der Waals surface area contributed by atoms with Gasteiger partial charge in [-0.1, -0.05) is 5.16 Å². The van der Waals surface area contributed by atoms with E-state index in [1.54, 1.807) is 13.0 Å². The number of rotatable bonds is 4. The first-order valence-electron chi connectivity index (χ1n) is 8.51. The summed E-state index contributed by atoms with van der Waals surface area (Å²) in [4.78, 5) is 17.0. The van der Waals surface area contributed by atoms with Crippen molar-refractivity contribution in [3.05, 3.63) is 34.7 Å². The van der Waals surface area contributed by atoms with Gasteiger partial charge in [-0.05, 0) is 32.8 Å². The number of fused-ring (bicyclic) bond motifs is 1. The van der Waals surface area contributed by atoms with Crippen molar-refractivity contribution in [1.82, 2.24) is 30.2 Å². The molecule has 0 bridgehead atoms. The minimum absolute atomic E-state index is 0.0745. The molecular weight excluding hydrogens is 336 g/mol. The van der Waals surface area contributed by atoms with Crippen LogP contribution in [0.3, 0.4) is 0 Å². The Balaban J connectivity index is 1.47. The van der Waals surface area contributed by atoms with Gasteiger partial charge >= 0.3 is 0 Å². The van der Waals surface area contributed by atoms with Crippen molar-refractivity contribution in [1.29, 1.82) is 0 Å². The zero-order chi connectivity index (χ0) is 18.4. The molecule has 9 heteroatoms. The summed E-state index contributed by atoms with van der Waals surface area (Å²) in [7, 11) is 1.85. The lowest BCUT2D eigenvalue weighted by Gasteiger charge is -2.35. The van der Waals surface area contributed by atoms with Crippen molar-refractivity contribution < 1.29 is 14.4 Å². The van der Waals surface area contributed by atoms with Crippen molar-refractivity contribution in [3.8, 4) is 0 Å². The first-order chi connectivity index (χ1) is 12.5. The van der Waals surface area contributed by atoms with Crippen molar-refractivity contribution >= 4 is 17.0 Å². The number of nitrogens with zero attached hydrogens (tertiary/aromatic N) is 5. The molecule has 4 rings (SSSR count). The van der Waals surface area contributed by atoms with Crippen LogP contribution in [0.25, 0.3) is 11.1 Å². The number of carbonyl (C=O) groups excluding carboxylic acids is 1. The molecule has 0 spiro atoms. The number of hydrogen-bond donors (Lipinski definition) is 2. The van der Waals surface area contributed by atoms with Crippen molar-refractivity contribution in [2.45, 2.75) is 45.3 Å². The van der Waals surface area contributed by atoms with Gasteiger partial charge in [0.25, 0.3) is 11.6 Å². The highest BCUT2D eigenvalue weighted by atomic mass is 16.5. The highest BCUT2D eigenvalue weighted by molar-refractivity contribution is 6.06. The van der Waals surface area contributed by atoms with Crippen LogP contribution in [0.5, 0.6) is 0 Å². The Hall–Kier alpha value is -2.81. The Bertz CT molecular complexity index is 986. The molecule has 1 amide bonds. The fourth-order valence-electron chi connectivity index (χ4n) is 3.47. The highest BCUT2D eigenvalue weighted by Gasteiger charge is 2.35. The lowest BCUT2D eigenvalue weighted by atomic mass is 9.79. The second-order valence-corrected chi connectivity index (χ2v) is 6.79. The maximum absolute atomic E-state index is 12.8. The number of aromatic nitrogens is 5. The van der Waals surface area contributed by atoms with Gasteiger partial charge in [0.1, 0.15) is 12.4 Å². The molecule has 3 aromatic heterocycles. The van der Waals surface area contributed by atoms with E-state index in [2.05, 4.69) is 25.7 Å². The topological polar surface area (TPSA) is 119 Å². The molecular formula is C17H20N6O3. The molecule has 0 aromatic carbocycles. The van der Waals surface area contributed by atoms with Gasteiger partial charge in [0.15, 0.2) is 5.82 Å². The fraction of sp³-hybridized carbons (Fsp3) is 0.471. The first kappa shape index (κ1) is 16.6. The van der Waals surface area contributed by atoms with Gasteiger partial charge in [0.05, 0.1) is 16.6 Å². The number of nitrogens with one attached hydrogen (secondary N) is 1. The number of carbonyl (C=O) groups is 1. The Labute approximate surface area is 149 Å². The van der Waals surface area contributed by atoms with Gasteiger partial charge in [-0.2, -0.15) is 0 Å². The van der Waals surface area contributed by atoms with E-state index in [0.29, 0.717) is 33.9 Å². The molecule has 1 saturated carbocycles. The van der Waals surface area contributed by atoms with Gasteiger partial charge in [0, 0.05) is 24.7 Å². The lowest BCUT2D eigenvalue weighted by Crippen LogP contribution is -2.44. The molecule has 1 aliphatic rings. The molecule has 3 heterocycles. The zero-order valence-electron chi connectivity index (χ0n) is 14.9. The Morgan fingerprint density at radius 2 is 2.15 bits per heavy atom. The van der Waals surface area contributed by atoms with E-state index in [1.165, 1.54) is 0 Å². The second-order valence-electron chi connectivity index (χ2n) is 6.79. The summed E-state index contributed by atoms with van der Waals surface area (Å²) in [6, 6.07) is 1.83. The number of aryl methyl sites for hydroxylation is 2. The predicted octanol–water partition coefficient (Wildman–Crippen LogP) is 1.14. The van der Waals surface area contributed by atoms with E-state index in [1.807, 2.05) is 18.5 Å². The largest absolute Gasteiger partial charge is 0.388 e. The third-order valence-corrected chi connectivity index (χ3v) is 4.97. The third kappa shape index (κ3) is 2.64. The van der Waals surface area contributed by atoms with Crippen LogP contribution >= 0.6 is 0 Å². The maximum Gasteiger partial charge on any atom is 0.258 e. The molecule has 2 N–H and O–H groups in total. The number of pyridine rings is 1. The van der Waals surface area contributed by atoms with Crippen LogP contribution < -0.4 is 5.32 Å². The summed E-state index contributed by atoms with van der Waals surface area (Å²) < 4.78 is 7.01. The summed E-state index contributed by atoms with van der Waals surface area (Å²) in [6.07, 6.45) is 1.58. The fourth-order valence-corrected chi connectivity index (χ4v) is 3.47. The number of amides is 1. The van der Waals surface area contributed by atoms with E-state index in [-0.39, 0.29) is 24.5 Å². The molecule has 0 saturated heterocycles. The Kier molecular flexibility index (Phi) is 3.95. The van der Waals surface area contributed by atoms with Crippen LogP contribution in [0.15, 0.2) is 10.6 Å². The number of aliphatic hydroxyl groups excluding tert-OH is 1. The zero-order valence-corrected chi connectivity index (χ0v) is 14.9. The molecule has 1 aliphatic carbocycles. The molecule has 0 unspecified atom stereocenters. The second kappa shape index (κ2) is 6.17. The minimum atomic E-state index is -0.149. The minimum Gasteiger partial charge on any atom is -0.388 e. The van der Waals surface area contributed by atoms with E-state index in [9.17, 15) is 9.90 Å². The van der Waals surface area contributed by atoms with Crippen LogP contribution in [-0.2, 0) is 13.7 Å². The molecule has 26 heavy (non-hydrogen) atoms. The molecule has 136 valence electrons. The van der Waals surface area contributed by atoms with E-state index in [4.69, 9.17) is 4.52 Å². The van der Waals surface area contributed by atoms with E-state index in [0.717, 1.165) is 18.7 Å². The first-order valence-corrected chi connectivity index (χ1v) is 8.51. The summed E-state index contributed by atoms with van der Waals surface area (Å²) >= 11 is 0. The monoisotopic (exact) mass is 356 g/mol. The average Bonchev–Trinajstić information content (AvgIpc) is 3.12. The van der Waals surface area contributed by atoms with Crippen LogP contribution in [0.1, 0.15) is 52.2 Å². The molecule has 3 aromatic rings. The predicted molar refractivity (Wildman–Crippen MR) is 91.4 cm³/mol. The smallest absolute Gasteiger partial charge is 0.258 e. The average molecular weight is 356 g/mol. The standard InChI is InChI=1S/C17H20N6O3/c1-8-4-12(14-9(2)22-26-17(14)18-8)16(25)19-11-5-10(6-11)15-21-20-13(7-24)23(15)3/h4,10-11,24H,5-7H2,1-3H3,(H,19,25). The van der Waals surface area contributed by atoms with E-state index >= 15 is 0 Å². The van der Waals surface area contributed by atoms with Gasteiger partial charge in [-0.3, -0.25) is 4.79 Å².